The van der Waals surface area contributed by atoms with Gasteiger partial charge < -0.3 is 4.90 Å². The van der Waals surface area contributed by atoms with Gasteiger partial charge in [-0.05, 0) is 52.2 Å². The summed E-state index contributed by atoms with van der Waals surface area (Å²) in [7, 11) is 0. The van der Waals surface area contributed by atoms with Gasteiger partial charge in [0.15, 0.2) is 0 Å². The summed E-state index contributed by atoms with van der Waals surface area (Å²) in [6.07, 6.45) is 8.21. The molecule has 0 radical (unpaired) electrons. The summed E-state index contributed by atoms with van der Waals surface area (Å²) in [4.78, 5) is 2.62. The minimum Gasteiger partial charge on any atom is -0.303 e. The van der Waals surface area contributed by atoms with Crippen LogP contribution in [0.3, 0.4) is 0 Å². The Morgan fingerprint density at radius 3 is 2.07 bits per heavy atom. The first kappa shape index (κ1) is 14.7. The van der Waals surface area contributed by atoms with Crippen LogP contribution in [0.4, 0.5) is 0 Å². The maximum atomic E-state index is 3.94. The summed E-state index contributed by atoms with van der Waals surface area (Å²) < 4.78 is 0. The van der Waals surface area contributed by atoms with E-state index >= 15 is 0 Å². The first-order valence-corrected chi connectivity index (χ1v) is 6.66. The molecule has 1 aliphatic heterocycles. The molecule has 1 nitrogen and oxygen atoms in total. The highest BCUT2D eigenvalue weighted by Crippen LogP contribution is 2.11. The molecule has 1 rings (SSSR count). The zero-order chi connectivity index (χ0) is 11.5. The number of allylic oxidation sites excluding steroid dienone is 1. The third-order valence-electron chi connectivity index (χ3n) is 2.78. The summed E-state index contributed by atoms with van der Waals surface area (Å²) in [5, 5.41) is 0. The highest BCUT2D eigenvalue weighted by Gasteiger charge is 2.07. The summed E-state index contributed by atoms with van der Waals surface area (Å²) in [6, 6.07) is 0. The lowest BCUT2D eigenvalue weighted by molar-refractivity contribution is 0.281. The molecular formula is C14H29N. The third kappa shape index (κ3) is 8.68. The largest absolute Gasteiger partial charge is 0.303 e. The number of likely N-dealkylation sites (tertiary alicyclic amines) is 1. The van der Waals surface area contributed by atoms with E-state index in [-0.39, 0.29) is 0 Å². The van der Waals surface area contributed by atoms with Crippen molar-refractivity contribution in [2.24, 2.45) is 0 Å². The van der Waals surface area contributed by atoms with Crippen LogP contribution in [0.5, 0.6) is 0 Å². The molecule has 0 amide bonds. The van der Waals surface area contributed by atoms with Crippen LogP contribution in [-0.2, 0) is 0 Å². The molecule has 0 aromatic heterocycles. The van der Waals surface area contributed by atoms with Crippen LogP contribution in [0.2, 0.25) is 0 Å². The first-order chi connectivity index (χ1) is 7.29. The van der Waals surface area contributed by atoms with E-state index in [1.807, 2.05) is 13.8 Å². The monoisotopic (exact) mass is 211 g/mol. The van der Waals surface area contributed by atoms with E-state index in [2.05, 4.69) is 18.4 Å². The zero-order valence-corrected chi connectivity index (χ0v) is 11.0. The van der Waals surface area contributed by atoms with Crippen molar-refractivity contribution in [3.05, 3.63) is 12.2 Å². The molecule has 90 valence electrons. The predicted molar refractivity (Wildman–Crippen MR) is 70.3 cm³/mol. The molecule has 0 unspecified atom stereocenters. The molecule has 0 bridgehead atoms. The van der Waals surface area contributed by atoms with Crippen LogP contribution < -0.4 is 0 Å². The second-order valence-corrected chi connectivity index (χ2v) is 4.32. The van der Waals surface area contributed by atoms with E-state index in [0.717, 1.165) is 0 Å². The Hall–Kier alpha value is -0.300. The van der Waals surface area contributed by atoms with Crippen molar-refractivity contribution in [1.29, 1.82) is 0 Å². The molecular weight excluding hydrogens is 182 g/mol. The molecule has 15 heavy (non-hydrogen) atoms. The Labute approximate surface area is 96.6 Å². The van der Waals surface area contributed by atoms with E-state index in [9.17, 15) is 0 Å². The van der Waals surface area contributed by atoms with Gasteiger partial charge in [0.2, 0.25) is 0 Å². The minimum absolute atomic E-state index is 1.20. The lowest BCUT2D eigenvalue weighted by Gasteiger charge is -2.19. The predicted octanol–water partition coefficient (Wildman–Crippen LogP) is 4.24. The number of rotatable bonds is 4. The third-order valence-corrected chi connectivity index (χ3v) is 2.78. The van der Waals surface area contributed by atoms with Crippen LogP contribution >= 0.6 is 0 Å². The van der Waals surface area contributed by atoms with Gasteiger partial charge in [-0.2, -0.15) is 0 Å². The molecule has 0 aromatic rings. The summed E-state index contributed by atoms with van der Waals surface area (Å²) in [6.45, 7) is 14.0. The fraction of sp³-hybridized carbons (Fsp3) is 0.857. The Bertz CT molecular complexity index is 143. The normalized spacial score (nSPS) is 17.5. The van der Waals surface area contributed by atoms with Gasteiger partial charge in [-0.25, -0.2) is 0 Å². The molecule has 0 spiro atoms. The van der Waals surface area contributed by atoms with Crippen molar-refractivity contribution in [2.45, 2.75) is 59.3 Å². The Kier molecular flexibility index (Phi) is 10.0. The quantitative estimate of drug-likeness (QED) is 0.629. The standard InChI is InChI=1S/C12H23N.C2H6/c1-12(2)8-7-11-13-9-5-3-4-6-10-13;1-2/h1,3-11H2,2H3;1-2H3. The van der Waals surface area contributed by atoms with Crippen molar-refractivity contribution in [3.8, 4) is 0 Å². The van der Waals surface area contributed by atoms with Gasteiger partial charge in [0.05, 0.1) is 0 Å². The van der Waals surface area contributed by atoms with Crippen LogP contribution in [0, 0.1) is 0 Å². The Morgan fingerprint density at radius 1 is 1.07 bits per heavy atom. The first-order valence-electron chi connectivity index (χ1n) is 6.66. The van der Waals surface area contributed by atoms with Crippen LogP contribution in [-0.4, -0.2) is 24.5 Å². The molecule has 0 aliphatic carbocycles. The van der Waals surface area contributed by atoms with E-state index in [1.165, 1.54) is 63.7 Å². The summed E-state index contributed by atoms with van der Waals surface area (Å²) in [5.74, 6) is 0. The Balaban J connectivity index is 0.000000921. The smallest absolute Gasteiger partial charge is 0.00157 e. The Morgan fingerprint density at radius 2 is 1.60 bits per heavy atom. The van der Waals surface area contributed by atoms with Crippen LogP contribution in [0.1, 0.15) is 59.3 Å². The van der Waals surface area contributed by atoms with Gasteiger partial charge in [0.25, 0.3) is 0 Å². The van der Waals surface area contributed by atoms with E-state index in [0.29, 0.717) is 0 Å². The maximum Gasteiger partial charge on any atom is -0.00157 e. The van der Waals surface area contributed by atoms with Crippen molar-refractivity contribution >= 4 is 0 Å². The number of hydrogen-bond acceptors (Lipinski definition) is 1. The van der Waals surface area contributed by atoms with E-state index in [1.54, 1.807) is 0 Å². The summed E-state index contributed by atoms with van der Waals surface area (Å²) in [5.41, 5.74) is 1.33. The second kappa shape index (κ2) is 10.2. The fourth-order valence-corrected chi connectivity index (χ4v) is 1.96. The van der Waals surface area contributed by atoms with Gasteiger partial charge in [-0.3, -0.25) is 0 Å². The SMILES string of the molecule is C=C(C)CCCN1CCCCCC1.CC. The average Bonchev–Trinajstić information content (AvgIpc) is 2.49. The fourth-order valence-electron chi connectivity index (χ4n) is 1.96. The van der Waals surface area contributed by atoms with Gasteiger partial charge in [-0.1, -0.05) is 32.3 Å². The molecule has 0 N–H and O–H groups in total. The lowest BCUT2D eigenvalue weighted by atomic mass is 10.2. The lowest BCUT2D eigenvalue weighted by Crippen LogP contribution is -2.25. The van der Waals surface area contributed by atoms with E-state index in [4.69, 9.17) is 0 Å². The molecule has 0 atom stereocenters. The molecule has 1 saturated heterocycles. The van der Waals surface area contributed by atoms with Crippen LogP contribution in [0.25, 0.3) is 0 Å². The van der Waals surface area contributed by atoms with E-state index < -0.39 is 0 Å². The van der Waals surface area contributed by atoms with Crippen LogP contribution in [0.15, 0.2) is 12.2 Å². The summed E-state index contributed by atoms with van der Waals surface area (Å²) >= 11 is 0. The molecule has 0 aromatic carbocycles. The highest BCUT2D eigenvalue weighted by molar-refractivity contribution is 4.87. The molecule has 1 aliphatic rings. The van der Waals surface area contributed by atoms with Crippen molar-refractivity contribution in [3.63, 3.8) is 0 Å². The molecule has 0 saturated carbocycles. The topological polar surface area (TPSA) is 3.24 Å². The van der Waals surface area contributed by atoms with Crippen molar-refractivity contribution in [2.75, 3.05) is 19.6 Å². The molecule has 1 heteroatoms. The zero-order valence-electron chi connectivity index (χ0n) is 11.0. The van der Waals surface area contributed by atoms with Crippen molar-refractivity contribution in [1.82, 2.24) is 4.90 Å². The molecule has 1 heterocycles. The number of nitrogens with zero attached hydrogens (tertiary/aromatic N) is 1. The highest BCUT2D eigenvalue weighted by atomic mass is 15.1. The molecule has 1 fully saturated rings. The minimum atomic E-state index is 1.20. The second-order valence-electron chi connectivity index (χ2n) is 4.32. The van der Waals surface area contributed by atoms with Gasteiger partial charge in [0, 0.05) is 0 Å². The van der Waals surface area contributed by atoms with Gasteiger partial charge in [0.1, 0.15) is 0 Å². The number of hydrogen-bond donors (Lipinski definition) is 0. The maximum absolute atomic E-state index is 3.94. The average molecular weight is 211 g/mol. The van der Waals surface area contributed by atoms with Crippen molar-refractivity contribution < 1.29 is 0 Å². The van der Waals surface area contributed by atoms with Gasteiger partial charge in [-0.15, -0.1) is 6.58 Å². The van der Waals surface area contributed by atoms with Gasteiger partial charge >= 0.3 is 0 Å².